The summed E-state index contributed by atoms with van der Waals surface area (Å²) in [5, 5.41) is 12.5. The number of ether oxygens (including phenoxy) is 1. The van der Waals surface area contributed by atoms with Crippen LogP contribution in [0.1, 0.15) is 54.4 Å². The quantitative estimate of drug-likeness (QED) is 0.757. The molecule has 0 aromatic rings. The molecule has 1 rings (SSSR count). The number of rotatable bonds is 7. The lowest BCUT2D eigenvalue weighted by Gasteiger charge is -2.58. The Kier molecular flexibility index (Phi) is 5.42. The monoisotopic (exact) mass is 299 g/mol. The zero-order chi connectivity index (χ0) is 16.4. The van der Waals surface area contributed by atoms with Gasteiger partial charge in [0, 0.05) is 24.4 Å². The molecular formula is C16H29NO4. The number of hydrogen-bond donors (Lipinski definition) is 2. The van der Waals surface area contributed by atoms with Crippen molar-refractivity contribution >= 4 is 11.9 Å². The Morgan fingerprint density at radius 3 is 2.29 bits per heavy atom. The van der Waals surface area contributed by atoms with Gasteiger partial charge in [0.05, 0.1) is 6.10 Å². The molecule has 21 heavy (non-hydrogen) atoms. The fraction of sp³-hybridized carbons (Fsp3) is 0.875. The zero-order valence-corrected chi connectivity index (χ0v) is 14.0. The van der Waals surface area contributed by atoms with Crippen molar-refractivity contribution in [3.05, 3.63) is 0 Å². The lowest BCUT2D eigenvalue weighted by Crippen LogP contribution is -2.76. The van der Waals surface area contributed by atoms with Gasteiger partial charge in [0.1, 0.15) is 5.54 Å². The highest BCUT2D eigenvalue weighted by Crippen LogP contribution is 2.51. The Labute approximate surface area is 127 Å². The number of hydrogen-bond acceptors (Lipinski definition) is 3. The van der Waals surface area contributed by atoms with E-state index in [9.17, 15) is 14.7 Å². The number of nitrogens with one attached hydrogen (secondary N) is 1. The summed E-state index contributed by atoms with van der Waals surface area (Å²) in [6.07, 6.45) is 1.07. The minimum absolute atomic E-state index is 0.141. The highest BCUT2D eigenvalue weighted by molar-refractivity contribution is 5.90. The number of carbonyl (C=O) groups excluding carboxylic acids is 1. The molecule has 5 heteroatoms. The van der Waals surface area contributed by atoms with Crippen molar-refractivity contribution in [2.45, 2.75) is 66.0 Å². The summed E-state index contributed by atoms with van der Waals surface area (Å²) in [6, 6.07) is 0. The molecule has 1 aliphatic carbocycles. The van der Waals surface area contributed by atoms with Gasteiger partial charge in [0.2, 0.25) is 5.91 Å². The fourth-order valence-electron chi connectivity index (χ4n) is 2.97. The highest BCUT2D eigenvalue weighted by atomic mass is 16.5. The Morgan fingerprint density at radius 1 is 1.33 bits per heavy atom. The fourth-order valence-corrected chi connectivity index (χ4v) is 2.97. The largest absolute Gasteiger partial charge is 0.479 e. The molecule has 5 nitrogen and oxygen atoms in total. The first kappa shape index (κ1) is 18.0. The number of carboxylic acids is 1. The van der Waals surface area contributed by atoms with E-state index in [0.29, 0.717) is 13.0 Å². The summed E-state index contributed by atoms with van der Waals surface area (Å²) < 4.78 is 5.59. The topological polar surface area (TPSA) is 75.6 Å². The van der Waals surface area contributed by atoms with Crippen molar-refractivity contribution in [3.63, 3.8) is 0 Å². The van der Waals surface area contributed by atoms with E-state index in [4.69, 9.17) is 4.74 Å². The maximum atomic E-state index is 12.4. The van der Waals surface area contributed by atoms with Gasteiger partial charge in [0.25, 0.3) is 0 Å². The van der Waals surface area contributed by atoms with Crippen LogP contribution in [0.2, 0.25) is 0 Å². The molecule has 0 aliphatic heterocycles. The molecule has 4 unspecified atom stereocenters. The van der Waals surface area contributed by atoms with E-state index in [2.05, 4.69) is 5.32 Å². The molecule has 1 aliphatic rings. The summed E-state index contributed by atoms with van der Waals surface area (Å²) in [6.45, 7) is 12.0. The van der Waals surface area contributed by atoms with Crippen LogP contribution < -0.4 is 5.32 Å². The van der Waals surface area contributed by atoms with Crippen molar-refractivity contribution in [2.75, 3.05) is 6.61 Å². The Morgan fingerprint density at radius 2 is 1.90 bits per heavy atom. The van der Waals surface area contributed by atoms with Crippen molar-refractivity contribution < 1.29 is 19.4 Å². The minimum Gasteiger partial charge on any atom is -0.479 e. The molecule has 0 heterocycles. The number of aliphatic carboxylic acids is 1. The average Bonchev–Trinajstić information content (AvgIpc) is 2.43. The van der Waals surface area contributed by atoms with Gasteiger partial charge in [-0.3, -0.25) is 4.79 Å². The molecular weight excluding hydrogens is 270 g/mol. The van der Waals surface area contributed by atoms with Gasteiger partial charge >= 0.3 is 5.97 Å². The molecule has 2 N–H and O–H groups in total. The van der Waals surface area contributed by atoms with Gasteiger partial charge < -0.3 is 15.2 Å². The summed E-state index contributed by atoms with van der Waals surface area (Å²) in [5.74, 6) is -1.14. The van der Waals surface area contributed by atoms with Crippen molar-refractivity contribution in [1.82, 2.24) is 5.32 Å². The second-order valence-corrected chi connectivity index (χ2v) is 6.74. The third-order valence-corrected chi connectivity index (χ3v) is 5.38. The van der Waals surface area contributed by atoms with Crippen LogP contribution in [0.4, 0.5) is 0 Å². The predicted molar refractivity (Wildman–Crippen MR) is 80.9 cm³/mol. The Hall–Kier alpha value is -1.10. The van der Waals surface area contributed by atoms with E-state index in [1.54, 1.807) is 0 Å². The predicted octanol–water partition coefficient (Wildman–Crippen LogP) is 2.44. The summed E-state index contributed by atoms with van der Waals surface area (Å²) in [5.41, 5.74) is -1.86. The van der Waals surface area contributed by atoms with Gasteiger partial charge in [-0.05, 0) is 12.8 Å². The summed E-state index contributed by atoms with van der Waals surface area (Å²) in [7, 11) is 0. The van der Waals surface area contributed by atoms with Gasteiger partial charge in [-0.1, -0.05) is 41.0 Å². The van der Waals surface area contributed by atoms with Gasteiger partial charge in [-0.15, -0.1) is 0 Å². The first-order chi connectivity index (χ1) is 9.64. The van der Waals surface area contributed by atoms with Crippen LogP contribution in [0.3, 0.4) is 0 Å². The smallest absolute Gasteiger partial charge is 0.330 e. The third-order valence-electron chi connectivity index (χ3n) is 5.38. The number of amides is 1. The average molecular weight is 299 g/mol. The second-order valence-electron chi connectivity index (χ2n) is 6.74. The SMILES string of the molecule is CCOC1CC(NC(=O)C(C)C(C)CC)(C(=O)O)C1(C)C. The second kappa shape index (κ2) is 6.34. The minimum atomic E-state index is -1.23. The number of carbonyl (C=O) groups is 2. The van der Waals surface area contributed by atoms with E-state index in [0.717, 1.165) is 6.42 Å². The highest BCUT2D eigenvalue weighted by Gasteiger charge is 2.66. The van der Waals surface area contributed by atoms with Crippen LogP contribution in [-0.4, -0.2) is 35.2 Å². The van der Waals surface area contributed by atoms with E-state index in [-0.39, 0.29) is 23.8 Å². The van der Waals surface area contributed by atoms with Crippen LogP contribution in [0.25, 0.3) is 0 Å². The maximum absolute atomic E-state index is 12.4. The molecule has 0 bridgehead atoms. The molecule has 1 amide bonds. The lowest BCUT2D eigenvalue weighted by atomic mass is 9.54. The van der Waals surface area contributed by atoms with E-state index < -0.39 is 16.9 Å². The Bertz CT molecular complexity index is 407. The van der Waals surface area contributed by atoms with Crippen molar-refractivity contribution in [3.8, 4) is 0 Å². The molecule has 0 aromatic carbocycles. The van der Waals surface area contributed by atoms with Crippen molar-refractivity contribution in [1.29, 1.82) is 0 Å². The summed E-state index contributed by atoms with van der Waals surface area (Å²) >= 11 is 0. The molecule has 0 radical (unpaired) electrons. The standard InChI is InChI=1S/C16H29NO4/c1-7-10(3)11(4)13(18)17-16(14(19)20)9-12(21-8-2)15(16,5)6/h10-12H,7-9H2,1-6H3,(H,17,18)(H,19,20). The van der Waals surface area contributed by atoms with E-state index in [1.165, 1.54) is 0 Å². The molecule has 1 fully saturated rings. The molecule has 0 aromatic heterocycles. The maximum Gasteiger partial charge on any atom is 0.330 e. The molecule has 1 saturated carbocycles. The van der Waals surface area contributed by atoms with Crippen LogP contribution in [-0.2, 0) is 14.3 Å². The van der Waals surface area contributed by atoms with Gasteiger partial charge in [-0.2, -0.15) is 0 Å². The normalized spacial score (nSPS) is 30.1. The lowest BCUT2D eigenvalue weighted by molar-refractivity contribution is -0.195. The molecule has 4 atom stereocenters. The molecule has 0 spiro atoms. The van der Waals surface area contributed by atoms with Gasteiger partial charge in [-0.25, -0.2) is 4.79 Å². The van der Waals surface area contributed by atoms with Crippen LogP contribution in [0, 0.1) is 17.3 Å². The van der Waals surface area contributed by atoms with Crippen LogP contribution >= 0.6 is 0 Å². The number of carboxylic acid groups (broad SMARTS) is 1. The third kappa shape index (κ3) is 2.93. The first-order valence-corrected chi connectivity index (χ1v) is 7.81. The van der Waals surface area contributed by atoms with Gasteiger partial charge in [0.15, 0.2) is 0 Å². The Balaban J connectivity index is 2.91. The molecule has 122 valence electrons. The van der Waals surface area contributed by atoms with Crippen LogP contribution in [0.5, 0.6) is 0 Å². The van der Waals surface area contributed by atoms with Crippen molar-refractivity contribution in [2.24, 2.45) is 17.3 Å². The summed E-state index contributed by atoms with van der Waals surface area (Å²) in [4.78, 5) is 24.2. The van der Waals surface area contributed by atoms with Crippen LogP contribution in [0.15, 0.2) is 0 Å². The zero-order valence-electron chi connectivity index (χ0n) is 14.0. The first-order valence-electron chi connectivity index (χ1n) is 7.81. The van der Waals surface area contributed by atoms with E-state index >= 15 is 0 Å². The molecule has 0 saturated heterocycles. The van der Waals surface area contributed by atoms with E-state index in [1.807, 2.05) is 41.5 Å².